The van der Waals surface area contributed by atoms with E-state index >= 15 is 0 Å². The molecule has 0 aliphatic carbocycles. The third-order valence-corrected chi connectivity index (χ3v) is 2.09. The molecule has 0 spiro atoms. The highest BCUT2D eigenvalue weighted by Gasteiger charge is 2.13. The summed E-state index contributed by atoms with van der Waals surface area (Å²) in [6, 6.07) is 4.01. The van der Waals surface area contributed by atoms with Gasteiger partial charge in [-0.25, -0.2) is 4.39 Å². The molecule has 1 rings (SSSR count). The van der Waals surface area contributed by atoms with Crippen molar-refractivity contribution in [2.75, 3.05) is 6.61 Å². The lowest BCUT2D eigenvalue weighted by molar-refractivity contribution is -0.141. The molecular formula is C12H13FO3. The second-order valence-electron chi connectivity index (χ2n) is 3.37. The molecule has 4 heteroatoms. The van der Waals surface area contributed by atoms with Crippen molar-refractivity contribution in [1.82, 2.24) is 0 Å². The van der Waals surface area contributed by atoms with Gasteiger partial charge in [0.2, 0.25) is 0 Å². The van der Waals surface area contributed by atoms with E-state index in [-0.39, 0.29) is 24.6 Å². The van der Waals surface area contributed by atoms with Gasteiger partial charge < -0.3 is 4.74 Å². The van der Waals surface area contributed by atoms with E-state index in [2.05, 4.69) is 4.74 Å². The molecule has 0 saturated carbocycles. The molecule has 0 saturated heterocycles. The minimum Gasteiger partial charge on any atom is -0.466 e. The summed E-state index contributed by atoms with van der Waals surface area (Å²) in [6.45, 7) is 3.48. The number of aryl methyl sites for hydroxylation is 1. The smallest absolute Gasteiger partial charge is 0.313 e. The maximum Gasteiger partial charge on any atom is 0.313 e. The number of benzene rings is 1. The molecular weight excluding hydrogens is 211 g/mol. The first-order valence-corrected chi connectivity index (χ1v) is 4.99. The number of esters is 1. The topological polar surface area (TPSA) is 43.4 Å². The zero-order valence-electron chi connectivity index (χ0n) is 9.25. The zero-order valence-corrected chi connectivity index (χ0v) is 9.25. The molecule has 0 radical (unpaired) electrons. The first-order chi connectivity index (χ1) is 7.54. The monoisotopic (exact) mass is 224 g/mol. The SMILES string of the molecule is CCOC(=O)CC(=O)c1ccc(F)c(C)c1. The third kappa shape index (κ3) is 3.15. The van der Waals surface area contributed by atoms with Crippen LogP contribution in [-0.2, 0) is 9.53 Å². The first-order valence-electron chi connectivity index (χ1n) is 4.99. The van der Waals surface area contributed by atoms with E-state index in [1.165, 1.54) is 18.2 Å². The summed E-state index contributed by atoms with van der Waals surface area (Å²) in [5.41, 5.74) is 0.710. The molecule has 0 unspecified atom stereocenters. The summed E-state index contributed by atoms with van der Waals surface area (Å²) in [5.74, 6) is -1.29. The Labute approximate surface area is 93.2 Å². The van der Waals surface area contributed by atoms with Crippen LogP contribution in [0.25, 0.3) is 0 Å². The number of carbonyl (C=O) groups is 2. The second kappa shape index (κ2) is 5.39. The molecule has 0 aliphatic heterocycles. The quantitative estimate of drug-likeness (QED) is 0.447. The van der Waals surface area contributed by atoms with Gasteiger partial charge in [-0.05, 0) is 37.6 Å². The summed E-state index contributed by atoms with van der Waals surface area (Å²) in [6.07, 6.45) is -0.307. The molecule has 16 heavy (non-hydrogen) atoms. The summed E-state index contributed by atoms with van der Waals surface area (Å²) in [7, 11) is 0. The minimum absolute atomic E-state index is 0.245. The lowest BCUT2D eigenvalue weighted by atomic mass is 10.1. The zero-order chi connectivity index (χ0) is 12.1. The van der Waals surface area contributed by atoms with Crippen molar-refractivity contribution >= 4 is 11.8 Å². The normalized spacial score (nSPS) is 9.94. The van der Waals surface area contributed by atoms with Crippen molar-refractivity contribution in [3.8, 4) is 0 Å². The number of Topliss-reactive ketones (excluding diaryl/α,β-unsaturated/α-hetero) is 1. The maximum atomic E-state index is 12.9. The van der Waals surface area contributed by atoms with Crippen LogP contribution in [0.15, 0.2) is 18.2 Å². The minimum atomic E-state index is -0.561. The summed E-state index contributed by atoms with van der Waals surface area (Å²) >= 11 is 0. The number of rotatable bonds is 4. The van der Waals surface area contributed by atoms with Crippen molar-refractivity contribution in [3.63, 3.8) is 0 Å². The van der Waals surface area contributed by atoms with E-state index in [4.69, 9.17) is 0 Å². The van der Waals surface area contributed by atoms with Crippen molar-refractivity contribution in [2.24, 2.45) is 0 Å². The van der Waals surface area contributed by atoms with Gasteiger partial charge in [0.05, 0.1) is 6.61 Å². The summed E-state index contributed by atoms with van der Waals surface area (Å²) < 4.78 is 17.6. The Morgan fingerprint density at radius 2 is 2.06 bits per heavy atom. The molecule has 0 aliphatic rings. The molecule has 0 atom stereocenters. The molecule has 0 amide bonds. The fourth-order valence-electron chi connectivity index (χ4n) is 1.26. The number of hydrogen-bond acceptors (Lipinski definition) is 3. The van der Waals surface area contributed by atoms with E-state index in [1.54, 1.807) is 13.8 Å². The second-order valence-corrected chi connectivity index (χ2v) is 3.37. The fraction of sp³-hybridized carbons (Fsp3) is 0.333. The van der Waals surface area contributed by atoms with Gasteiger partial charge in [0.25, 0.3) is 0 Å². The lowest BCUT2D eigenvalue weighted by Crippen LogP contribution is -2.11. The van der Waals surface area contributed by atoms with Crippen molar-refractivity contribution in [1.29, 1.82) is 0 Å². The van der Waals surface area contributed by atoms with Crippen LogP contribution < -0.4 is 0 Å². The van der Waals surface area contributed by atoms with E-state index in [0.717, 1.165) is 0 Å². The number of carbonyl (C=O) groups excluding carboxylic acids is 2. The van der Waals surface area contributed by atoms with Gasteiger partial charge in [-0.15, -0.1) is 0 Å². The van der Waals surface area contributed by atoms with Crippen molar-refractivity contribution in [3.05, 3.63) is 35.1 Å². The molecule has 3 nitrogen and oxygen atoms in total. The number of hydrogen-bond donors (Lipinski definition) is 0. The van der Waals surface area contributed by atoms with Crippen LogP contribution in [0, 0.1) is 12.7 Å². The van der Waals surface area contributed by atoms with E-state index in [9.17, 15) is 14.0 Å². The van der Waals surface area contributed by atoms with Crippen LogP contribution in [0.2, 0.25) is 0 Å². The van der Waals surface area contributed by atoms with E-state index in [1.807, 2.05) is 0 Å². The Morgan fingerprint density at radius 3 is 2.62 bits per heavy atom. The van der Waals surface area contributed by atoms with Crippen LogP contribution in [0.5, 0.6) is 0 Å². The predicted molar refractivity (Wildman–Crippen MR) is 56.7 cm³/mol. The Balaban J connectivity index is 2.73. The first kappa shape index (κ1) is 12.4. The molecule has 0 bridgehead atoms. The van der Waals surface area contributed by atoms with E-state index < -0.39 is 5.97 Å². The van der Waals surface area contributed by atoms with Crippen LogP contribution in [0.3, 0.4) is 0 Å². The maximum absolute atomic E-state index is 12.9. The molecule has 1 aromatic rings. The molecule has 0 aromatic heterocycles. The van der Waals surface area contributed by atoms with Gasteiger partial charge in [0.15, 0.2) is 5.78 Å². The number of halogens is 1. The average Bonchev–Trinajstić information content (AvgIpc) is 2.22. The van der Waals surface area contributed by atoms with Crippen LogP contribution in [0.4, 0.5) is 4.39 Å². The Bertz CT molecular complexity index is 413. The van der Waals surface area contributed by atoms with Gasteiger partial charge in [0, 0.05) is 5.56 Å². The largest absolute Gasteiger partial charge is 0.466 e. The Morgan fingerprint density at radius 1 is 1.38 bits per heavy atom. The summed E-state index contributed by atoms with van der Waals surface area (Å²) in [4.78, 5) is 22.6. The molecule has 86 valence electrons. The Hall–Kier alpha value is -1.71. The predicted octanol–water partition coefficient (Wildman–Crippen LogP) is 2.27. The lowest BCUT2D eigenvalue weighted by Gasteiger charge is -2.03. The highest BCUT2D eigenvalue weighted by molar-refractivity contribution is 6.06. The van der Waals surface area contributed by atoms with Gasteiger partial charge in [-0.2, -0.15) is 0 Å². The van der Waals surface area contributed by atoms with E-state index in [0.29, 0.717) is 11.1 Å². The molecule has 0 N–H and O–H groups in total. The highest BCUT2D eigenvalue weighted by Crippen LogP contribution is 2.11. The fourth-order valence-corrected chi connectivity index (χ4v) is 1.26. The third-order valence-electron chi connectivity index (χ3n) is 2.09. The number of ketones is 1. The van der Waals surface area contributed by atoms with Crippen LogP contribution in [-0.4, -0.2) is 18.4 Å². The number of ether oxygens (including phenoxy) is 1. The van der Waals surface area contributed by atoms with Gasteiger partial charge in [0.1, 0.15) is 12.2 Å². The standard InChI is InChI=1S/C12H13FO3/c1-3-16-12(15)7-11(14)9-4-5-10(13)8(2)6-9/h4-6H,3,7H2,1-2H3. The molecule has 0 heterocycles. The van der Waals surface area contributed by atoms with Crippen molar-refractivity contribution in [2.45, 2.75) is 20.3 Å². The van der Waals surface area contributed by atoms with Gasteiger partial charge >= 0.3 is 5.97 Å². The molecule has 0 fully saturated rings. The highest BCUT2D eigenvalue weighted by atomic mass is 19.1. The van der Waals surface area contributed by atoms with Gasteiger partial charge in [-0.1, -0.05) is 0 Å². The van der Waals surface area contributed by atoms with Crippen molar-refractivity contribution < 1.29 is 18.7 Å². The van der Waals surface area contributed by atoms with Crippen LogP contribution in [0.1, 0.15) is 29.3 Å². The molecule has 1 aromatic carbocycles. The summed E-state index contributed by atoms with van der Waals surface area (Å²) in [5, 5.41) is 0. The van der Waals surface area contributed by atoms with Gasteiger partial charge in [-0.3, -0.25) is 9.59 Å². The van der Waals surface area contributed by atoms with Crippen LogP contribution >= 0.6 is 0 Å². The Kier molecular flexibility index (Phi) is 4.17. The average molecular weight is 224 g/mol.